The maximum atomic E-state index is 6.23. The molecular formula is C27H24O. The van der Waals surface area contributed by atoms with Gasteiger partial charge in [-0.05, 0) is 49.7 Å². The highest BCUT2D eigenvalue weighted by Gasteiger charge is 2.09. The molecule has 0 saturated carbocycles. The Bertz CT molecular complexity index is 1010. The SMILES string of the molecule is Cc1ccc(OC(C#Cc2ccccc2)CCC#Cc2ccccc2)c(C)c1. The van der Waals surface area contributed by atoms with E-state index in [2.05, 4.69) is 49.7 Å². The molecular weight excluding hydrogens is 340 g/mol. The van der Waals surface area contributed by atoms with E-state index in [1.54, 1.807) is 0 Å². The lowest BCUT2D eigenvalue weighted by Crippen LogP contribution is -2.14. The second-order valence-corrected chi connectivity index (χ2v) is 6.72. The van der Waals surface area contributed by atoms with Crippen molar-refractivity contribution in [3.8, 4) is 29.4 Å². The van der Waals surface area contributed by atoms with E-state index in [4.69, 9.17) is 4.74 Å². The smallest absolute Gasteiger partial charge is 0.160 e. The molecule has 0 fully saturated rings. The van der Waals surface area contributed by atoms with Gasteiger partial charge in [-0.2, -0.15) is 0 Å². The Morgan fingerprint density at radius 3 is 2.07 bits per heavy atom. The Balaban J connectivity index is 1.72. The van der Waals surface area contributed by atoms with Gasteiger partial charge in [0.2, 0.25) is 0 Å². The van der Waals surface area contributed by atoms with Gasteiger partial charge in [-0.1, -0.05) is 77.8 Å². The van der Waals surface area contributed by atoms with Crippen LogP contribution in [-0.4, -0.2) is 6.10 Å². The molecule has 0 aromatic heterocycles. The third-order valence-electron chi connectivity index (χ3n) is 4.29. The van der Waals surface area contributed by atoms with Crippen LogP contribution in [0.15, 0.2) is 78.9 Å². The van der Waals surface area contributed by atoms with Crippen LogP contribution < -0.4 is 4.74 Å². The van der Waals surface area contributed by atoms with Crippen molar-refractivity contribution in [3.05, 3.63) is 101 Å². The van der Waals surface area contributed by atoms with Crippen molar-refractivity contribution in [3.63, 3.8) is 0 Å². The molecule has 0 radical (unpaired) electrons. The van der Waals surface area contributed by atoms with Crippen molar-refractivity contribution in [1.29, 1.82) is 0 Å². The van der Waals surface area contributed by atoms with Gasteiger partial charge in [0.15, 0.2) is 6.10 Å². The Morgan fingerprint density at radius 1 is 0.786 bits per heavy atom. The second-order valence-electron chi connectivity index (χ2n) is 6.72. The summed E-state index contributed by atoms with van der Waals surface area (Å²) in [5.74, 6) is 13.8. The van der Waals surface area contributed by atoms with E-state index in [0.29, 0.717) is 0 Å². The molecule has 0 aliphatic rings. The van der Waals surface area contributed by atoms with Gasteiger partial charge in [-0.15, -0.1) is 0 Å². The van der Waals surface area contributed by atoms with Gasteiger partial charge in [-0.3, -0.25) is 0 Å². The van der Waals surface area contributed by atoms with Crippen LogP contribution in [0.5, 0.6) is 5.75 Å². The van der Waals surface area contributed by atoms with E-state index in [-0.39, 0.29) is 6.10 Å². The number of aryl methyl sites for hydroxylation is 2. The third-order valence-corrected chi connectivity index (χ3v) is 4.29. The second kappa shape index (κ2) is 10.1. The number of benzene rings is 3. The van der Waals surface area contributed by atoms with Crippen LogP contribution in [0.4, 0.5) is 0 Å². The first-order chi connectivity index (χ1) is 13.7. The normalized spacial score (nSPS) is 10.8. The zero-order valence-electron chi connectivity index (χ0n) is 16.4. The first kappa shape index (κ1) is 19.3. The highest BCUT2D eigenvalue weighted by Crippen LogP contribution is 2.21. The molecule has 1 atom stereocenters. The summed E-state index contributed by atoms with van der Waals surface area (Å²) >= 11 is 0. The van der Waals surface area contributed by atoms with Crippen LogP contribution in [0, 0.1) is 37.5 Å². The predicted molar refractivity (Wildman–Crippen MR) is 116 cm³/mol. The summed E-state index contributed by atoms with van der Waals surface area (Å²) in [4.78, 5) is 0. The maximum Gasteiger partial charge on any atom is 0.160 e. The Labute approximate surface area is 168 Å². The lowest BCUT2D eigenvalue weighted by atomic mass is 10.1. The van der Waals surface area contributed by atoms with Crippen molar-refractivity contribution >= 4 is 0 Å². The lowest BCUT2D eigenvalue weighted by Gasteiger charge is -2.15. The Hall–Kier alpha value is -3.42. The standard InChI is InChI=1S/C27H24O/c1-22-17-20-27(23(2)21-22)28-26(19-18-25-13-7-4-8-14-25)16-10-9-15-24-11-5-3-6-12-24/h3-8,11-14,17,20-21,26H,10,16H2,1-2H3. The molecule has 3 aromatic rings. The molecule has 1 unspecified atom stereocenters. The number of rotatable bonds is 4. The summed E-state index contributed by atoms with van der Waals surface area (Å²) in [5.41, 5.74) is 4.38. The minimum Gasteiger partial charge on any atom is -0.477 e. The molecule has 0 N–H and O–H groups in total. The van der Waals surface area contributed by atoms with Gasteiger partial charge in [0, 0.05) is 24.0 Å². The van der Waals surface area contributed by atoms with Gasteiger partial charge < -0.3 is 4.74 Å². The van der Waals surface area contributed by atoms with E-state index in [9.17, 15) is 0 Å². The summed E-state index contributed by atoms with van der Waals surface area (Å²) in [5, 5.41) is 0. The van der Waals surface area contributed by atoms with Gasteiger partial charge >= 0.3 is 0 Å². The predicted octanol–water partition coefficient (Wildman–Crippen LogP) is 5.93. The van der Waals surface area contributed by atoms with Gasteiger partial charge in [0.1, 0.15) is 5.75 Å². The molecule has 0 heterocycles. The van der Waals surface area contributed by atoms with Crippen LogP contribution in [0.2, 0.25) is 0 Å². The molecule has 0 spiro atoms. The van der Waals surface area contributed by atoms with Crippen LogP contribution in [0.3, 0.4) is 0 Å². The molecule has 0 saturated heterocycles. The summed E-state index contributed by atoms with van der Waals surface area (Å²) in [6.07, 6.45) is 1.28. The summed E-state index contributed by atoms with van der Waals surface area (Å²) in [6.45, 7) is 4.15. The minimum atomic E-state index is -0.202. The first-order valence-corrected chi connectivity index (χ1v) is 9.55. The van der Waals surface area contributed by atoms with Crippen molar-refractivity contribution in [2.75, 3.05) is 0 Å². The highest BCUT2D eigenvalue weighted by molar-refractivity contribution is 5.38. The van der Waals surface area contributed by atoms with Crippen LogP contribution in [0.1, 0.15) is 35.1 Å². The van der Waals surface area contributed by atoms with Crippen molar-refractivity contribution < 1.29 is 4.74 Å². The minimum absolute atomic E-state index is 0.202. The number of ether oxygens (including phenoxy) is 1. The van der Waals surface area contributed by atoms with E-state index in [1.807, 2.05) is 66.7 Å². The molecule has 0 aliphatic carbocycles. The lowest BCUT2D eigenvalue weighted by molar-refractivity contribution is 0.248. The zero-order chi connectivity index (χ0) is 19.6. The van der Waals surface area contributed by atoms with Crippen molar-refractivity contribution in [2.24, 2.45) is 0 Å². The van der Waals surface area contributed by atoms with Gasteiger partial charge in [-0.25, -0.2) is 0 Å². The van der Waals surface area contributed by atoms with Gasteiger partial charge in [0.25, 0.3) is 0 Å². The summed E-state index contributed by atoms with van der Waals surface area (Å²) < 4.78 is 6.23. The van der Waals surface area contributed by atoms with E-state index >= 15 is 0 Å². The van der Waals surface area contributed by atoms with E-state index in [0.717, 1.165) is 35.3 Å². The fraction of sp³-hybridized carbons (Fsp3) is 0.185. The molecule has 3 rings (SSSR count). The average molecular weight is 364 g/mol. The molecule has 28 heavy (non-hydrogen) atoms. The fourth-order valence-corrected chi connectivity index (χ4v) is 2.82. The zero-order valence-corrected chi connectivity index (χ0v) is 16.4. The molecule has 3 aromatic carbocycles. The first-order valence-electron chi connectivity index (χ1n) is 9.55. The third kappa shape index (κ3) is 6.08. The topological polar surface area (TPSA) is 9.23 Å². The van der Waals surface area contributed by atoms with Crippen LogP contribution in [0.25, 0.3) is 0 Å². The Kier molecular flexibility index (Phi) is 6.95. The molecule has 1 heteroatoms. The monoisotopic (exact) mass is 364 g/mol. The Morgan fingerprint density at radius 2 is 1.43 bits per heavy atom. The highest BCUT2D eigenvalue weighted by atomic mass is 16.5. The maximum absolute atomic E-state index is 6.23. The summed E-state index contributed by atoms with van der Waals surface area (Å²) in [6, 6.07) is 26.3. The quantitative estimate of drug-likeness (QED) is 0.521. The average Bonchev–Trinajstić information content (AvgIpc) is 2.72. The fourth-order valence-electron chi connectivity index (χ4n) is 2.82. The molecule has 0 amide bonds. The van der Waals surface area contributed by atoms with Gasteiger partial charge in [0.05, 0.1) is 0 Å². The van der Waals surface area contributed by atoms with Crippen LogP contribution >= 0.6 is 0 Å². The number of hydrogen-bond donors (Lipinski definition) is 0. The largest absolute Gasteiger partial charge is 0.477 e. The van der Waals surface area contributed by atoms with Crippen molar-refractivity contribution in [2.45, 2.75) is 32.8 Å². The molecule has 0 bridgehead atoms. The van der Waals surface area contributed by atoms with Crippen molar-refractivity contribution in [1.82, 2.24) is 0 Å². The van der Waals surface area contributed by atoms with E-state index in [1.165, 1.54) is 5.56 Å². The number of hydrogen-bond acceptors (Lipinski definition) is 1. The molecule has 138 valence electrons. The summed E-state index contributed by atoms with van der Waals surface area (Å²) in [7, 11) is 0. The molecule has 0 aliphatic heterocycles. The van der Waals surface area contributed by atoms with E-state index < -0.39 is 0 Å². The molecule has 1 nitrogen and oxygen atoms in total. The van der Waals surface area contributed by atoms with Crippen LogP contribution in [-0.2, 0) is 0 Å².